The highest BCUT2D eigenvalue weighted by atomic mass is 31.2. The summed E-state index contributed by atoms with van der Waals surface area (Å²) in [5.41, 5.74) is 0. The van der Waals surface area contributed by atoms with Crippen LogP contribution in [0.25, 0.3) is 0 Å². The first-order valence-corrected chi connectivity index (χ1v) is 8.62. The molecule has 110 valence electrons. The normalized spacial score (nSPS) is 13.8. The molecule has 5 N–H and O–H groups in total. The molecule has 0 aliphatic rings. The predicted molar refractivity (Wildman–Crippen MR) is 64.0 cm³/mol. The maximum Gasteiger partial charge on any atom is 0.373 e. The van der Waals surface area contributed by atoms with Crippen molar-refractivity contribution >= 4 is 15.2 Å². The number of aliphatic hydroxyl groups is 1. The topological polar surface area (TPSA) is 144 Å². The van der Waals surface area contributed by atoms with Gasteiger partial charge < -0.3 is 24.7 Å². The Balaban J connectivity index is 3.09. The summed E-state index contributed by atoms with van der Waals surface area (Å²) in [6, 6.07) is 0. The highest BCUT2D eigenvalue weighted by Crippen LogP contribution is 2.67. The average Bonchev–Trinajstić information content (AvgIpc) is 2.62. The van der Waals surface area contributed by atoms with Gasteiger partial charge in [0.25, 0.3) is 0 Å². The number of aromatic nitrogens is 2. The minimum atomic E-state index is -5.42. The molecule has 0 amide bonds. The summed E-state index contributed by atoms with van der Waals surface area (Å²) < 4.78 is 25.1. The van der Waals surface area contributed by atoms with Gasteiger partial charge in [-0.05, 0) is 6.42 Å². The third kappa shape index (κ3) is 3.52. The van der Waals surface area contributed by atoms with Crippen molar-refractivity contribution in [3.8, 4) is 0 Å². The molecule has 19 heavy (non-hydrogen) atoms. The molecule has 1 rings (SSSR count). The molecular formula is C8H17N2O7P2+. The van der Waals surface area contributed by atoms with Crippen LogP contribution < -0.4 is 4.57 Å². The lowest BCUT2D eigenvalue weighted by Crippen LogP contribution is -2.35. The largest absolute Gasteiger partial charge is 0.373 e. The highest BCUT2D eigenvalue weighted by molar-refractivity contribution is 7.72. The van der Waals surface area contributed by atoms with Crippen LogP contribution in [0, 0.1) is 0 Å². The van der Waals surface area contributed by atoms with Gasteiger partial charge in [0.05, 0.1) is 6.54 Å². The van der Waals surface area contributed by atoms with Gasteiger partial charge in [0.15, 0.2) is 0 Å². The number of nitrogens with zero attached hydrogens (tertiary/aromatic N) is 2. The molecule has 0 fully saturated rings. The predicted octanol–water partition coefficient (Wildman–Crippen LogP) is -0.813. The number of aryl methyl sites for hydroxylation is 1. The molecule has 1 aromatic rings. The molecule has 1 heterocycles. The van der Waals surface area contributed by atoms with E-state index in [2.05, 4.69) is 0 Å². The number of hydrogen-bond acceptors (Lipinski definition) is 3. The van der Waals surface area contributed by atoms with E-state index in [1.807, 2.05) is 6.92 Å². The Bertz CT molecular complexity index is 509. The average molecular weight is 315 g/mol. The Kier molecular flexibility index (Phi) is 4.75. The quantitative estimate of drug-likeness (QED) is 0.341. The van der Waals surface area contributed by atoms with Crippen LogP contribution in [0.5, 0.6) is 0 Å². The monoisotopic (exact) mass is 315 g/mol. The zero-order valence-electron chi connectivity index (χ0n) is 10.2. The molecule has 0 saturated heterocycles. The van der Waals surface area contributed by atoms with Gasteiger partial charge in [-0.1, -0.05) is 6.92 Å². The van der Waals surface area contributed by atoms with Crippen molar-refractivity contribution in [2.75, 3.05) is 0 Å². The van der Waals surface area contributed by atoms with Crippen LogP contribution in [-0.2, 0) is 22.2 Å². The lowest BCUT2D eigenvalue weighted by molar-refractivity contribution is -0.696. The van der Waals surface area contributed by atoms with Gasteiger partial charge in [0.2, 0.25) is 6.33 Å². The molecule has 0 atom stereocenters. The van der Waals surface area contributed by atoms with Crippen molar-refractivity contribution in [3.63, 3.8) is 0 Å². The molecular weight excluding hydrogens is 298 g/mol. The van der Waals surface area contributed by atoms with Crippen LogP contribution in [0.15, 0.2) is 18.7 Å². The van der Waals surface area contributed by atoms with Crippen molar-refractivity contribution in [2.24, 2.45) is 0 Å². The Morgan fingerprint density at radius 1 is 1.21 bits per heavy atom. The van der Waals surface area contributed by atoms with Crippen LogP contribution in [-0.4, -0.2) is 34.3 Å². The summed E-state index contributed by atoms with van der Waals surface area (Å²) in [5.74, 6) is 0. The highest BCUT2D eigenvalue weighted by Gasteiger charge is 2.61. The molecule has 0 saturated carbocycles. The Morgan fingerprint density at radius 2 is 1.74 bits per heavy atom. The SMILES string of the molecule is CCC[n+]1ccn(CC(O)(P(=O)(O)O)P(=O)(O)O)c1. The van der Waals surface area contributed by atoms with Crippen LogP contribution >= 0.6 is 15.2 Å². The summed E-state index contributed by atoms with van der Waals surface area (Å²) in [6.07, 6.45) is 5.16. The second kappa shape index (κ2) is 5.46. The van der Waals surface area contributed by atoms with E-state index >= 15 is 0 Å². The van der Waals surface area contributed by atoms with E-state index in [1.165, 1.54) is 12.5 Å². The fourth-order valence-corrected chi connectivity index (χ4v) is 3.57. The lowest BCUT2D eigenvalue weighted by atomic mass is 10.5. The van der Waals surface area contributed by atoms with Crippen molar-refractivity contribution in [2.45, 2.75) is 31.5 Å². The van der Waals surface area contributed by atoms with Gasteiger partial charge in [-0.15, -0.1) is 0 Å². The van der Waals surface area contributed by atoms with E-state index in [-0.39, 0.29) is 0 Å². The molecule has 0 aromatic carbocycles. The van der Waals surface area contributed by atoms with E-state index in [1.54, 1.807) is 10.8 Å². The summed E-state index contributed by atoms with van der Waals surface area (Å²) in [4.78, 5) is 36.0. The zero-order chi connectivity index (χ0) is 14.9. The van der Waals surface area contributed by atoms with Crippen LogP contribution in [0.1, 0.15) is 13.3 Å². The third-order valence-corrected chi connectivity index (χ3v) is 6.27. The zero-order valence-corrected chi connectivity index (χ0v) is 12.0. The molecule has 0 aliphatic carbocycles. The number of imidazole rings is 1. The van der Waals surface area contributed by atoms with E-state index in [0.717, 1.165) is 11.0 Å². The fraction of sp³-hybridized carbons (Fsp3) is 0.625. The van der Waals surface area contributed by atoms with E-state index in [0.29, 0.717) is 6.54 Å². The van der Waals surface area contributed by atoms with Crippen LogP contribution in [0.3, 0.4) is 0 Å². The van der Waals surface area contributed by atoms with Gasteiger partial charge in [0.1, 0.15) is 18.9 Å². The number of hydrogen-bond donors (Lipinski definition) is 5. The summed E-state index contributed by atoms with van der Waals surface area (Å²) in [5, 5.41) is 6.29. The van der Waals surface area contributed by atoms with Gasteiger partial charge in [-0.2, -0.15) is 0 Å². The van der Waals surface area contributed by atoms with Gasteiger partial charge >= 0.3 is 20.3 Å². The molecule has 9 nitrogen and oxygen atoms in total. The van der Waals surface area contributed by atoms with E-state index in [9.17, 15) is 14.2 Å². The molecule has 0 unspecified atom stereocenters. The lowest BCUT2D eigenvalue weighted by Gasteiger charge is -2.27. The fourth-order valence-electron chi connectivity index (χ4n) is 1.52. The molecule has 1 aromatic heterocycles. The first kappa shape index (κ1) is 16.5. The van der Waals surface area contributed by atoms with Crippen LogP contribution in [0.2, 0.25) is 0 Å². The molecule has 0 spiro atoms. The smallest absolute Gasteiger partial charge is 0.365 e. The first-order chi connectivity index (χ1) is 8.51. The first-order valence-electron chi connectivity index (χ1n) is 5.40. The molecule has 0 radical (unpaired) electrons. The summed E-state index contributed by atoms with van der Waals surface area (Å²) in [6.45, 7) is 1.65. The van der Waals surface area contributed by atoms with Gasteiger partial charge in [-0.3, -0.25) is 9.13 Å². The van der Waals surface area contributed by atoms with Crippen molar-refractivity contribution in [1.82, 2.24) is 4.57 Å². The molecule has 0 bridgehead atoms. The maximum absolute atomic E-state index is 11.2. The minimum absolute atomic E-state index is 0.636. The van der Waals surface area contributed by atoms with Crippen LogP contribution in [0.4, 0.5) is 0 Å². The summed E-state index contributed by atoms with van der Waals surface area (Å²) in [7, 11) is -10.8. The standard InChI is InChI=1S/C8H16N2O7P2/c1-2-3-9-4-5-10(7-9)6-8(11,18(12,13)14)19(15,16)17/h4-5,7,11H,2-3,6H2,1H3,(H3-,12,13,14,15,16,17)/p+1. The molecule has 11 heteroatoms. The Morgan fingerprint density at radius 3 is 2.16 bits per heavy atom. The Labute approximate surface area is 109 Å². The second-order valence-electron chi connectivity index (χ2n) is 4.19. The van der Waals surface area contributed by atoms with Crippen molar-refractivity contribution in [1.29, 1.82) is 0 Å². The number of rotatable bonds is 6. The second-order valence-corrected chi connectivity index (χ2v) is 8.19. The van der Waals surface area contributed by atoms with Crippen molar-refractivity contribution < 1.29 is 38.4 Å². The minimum Gasteiger partial charge on any atom is -0.365 e. The third-order valence-electron chi connectivity index (χ3n) is 2.56. The van der Waals surface area contributed by atoms with E-state index < -0.39 is 26.8 Å². The Hall–Kier alpha value is -0.530. The maximum atomic E-state index is 11.2. The summed E-state index contributed by atoms with van der Waals surface area (Å²) >= 11 is 0. The molecule has 0 aliphatic heterocycles. The van der Waals surface area contributed by atoms with Gasteiger partial charge in [0, 0.05) is 0 Å². The van der Waals surface area contributed by atoms with Crippen molar-refractivity contribution in [3.05, 3.63) is 18.7 Å². The van der Waals surface area contributed by atoms with E-state index in [4.69, 9.17) is 19.6 Å². The van der Waals surface area contributed by atoms with Gasteiger partial charge in [-0.25, -0.2) is 9.13 Å².